The fourth-order valence-corrected chi connectivity index (χ4v) is 4.48. The molecular weight excluding hydrogens is 452 g/mol. The van der Waals surface area contributed by atoms with Crippen molar-refractivity contribution in [1.29, 1.82) is 0 Å². The van der Waals surface area contributed by atoms with Gasteiger partial charge in [0.15, 0.2) is 5.69 Å². The van der Waals surface area contributed by atoms with Crippen LogP contribution in [0.5, 0.6) is 0 Å². The number of halogens is 5. The van der Waals surface area contributed by atoms with Crippen molar-refractivity contribution < 1.29 is 18.0 Å². The predicted octanol–water partition coefficient (Wildman–Crippen LogP) is 4.99. The molecule has 0 radical (unpaired) electrons. The number of rotatable bonds is 5. The van der Waals surface area contributed by atoms with Crippen molar-refractivity contribution in [2.45, 2.75) is 44.4 Å². The topological polar surface area (TPSA) is 41.4 Å². The van der Waals surface area contributed by atoms with Gasteiger partial charge in [0.05, 0.1) is 10.7 Å². The van der Waals surface area contributed by atoms with E-state index in [4.69, 9.17) is 23.2 Å². The van der Waals surface area contributed by atoms with Crippen LogP contribution in [0.25, 0.3) is 0 Å². The molecule has 1 amide bonds. The van der Waals surface area contributed by atoms with Crippen LogP contribution in [0.3, 0.4) is 0 Å². The average Bonchev–Trinajstić information content (AvgIpc) is 3.50. The second-order valence-corrected chi connectivity index (χ2v) is 8.98. The van der Waals surface area contributed by atoms with Crippen molar-refractivity contribution in [2.24, 2.45) is 0 Å². The van der Waals surface area contributed by atoms with E-state index in [1.165, 1.54) is 4.68 Å². The van der Waals surface area contributed by atoms with Crippen LogP contribution in [-0.4, -0.2) is 51.7 Å². The van der Waals surface area contributed by atoms with Crippen LogP contribution in [0, 0.1) is 0 Å². The monoisotopic (exact) mass is 474 g/mol. The number of benzene rings is 1. The number of alkyl halides is 3. The van der Waals surface area contributed by atoms with Crippen molar-refractivity contribution in [3.8, 4) is 0 Å². The first-order valence-corrected chi connectivity index (χ1v) is 11.0. The molecule has 5 nitrogen and oxygen atoms in total. The van der Waals surface area contributed by atoms with Gasteiger partial charge in [0.25, 0.3) is 0 Å². The lowest BCUT2D eigenvalue weighted by Gasteiger charge is -2.36. The molecule has 1 aliphatic heterocycles. The summed E-state index contributed by atoms with van der Waals surface area (Å²) in [5.74, 6) is -0.302. The Balaban J connectivity index is 1.43. The zero-order valence-corrected chi connectivity index (χ0v) is 18.5. The summed E-state index contributed by atoms with van der Waals surface area (Å²) in [6.45, 7) is 4.74. The molecule has 0 N–H and O–H groups in total. The number of carbonyl (C=O) groups is 1. The van der Waals surface area contributed by atoms with Gasteiger partial charge in [0.2, 0.25) is 5.91 Å². The Bertz CT molecular complexity index is 949. The number of nitrogens with zero attached hydrogens (tertiary/aromatic N) is 4. The quantitative estimate of drug-likeness (QED) is 0.612. The van der Waals surface area contributed by atoms with Gasteiger partial charge < -0.3 is 4.90 Å². The van der Waals surface area contributed by atoms with Crippen LogP contribution >= 0.6 is 23.2 Å². The van der Waals surface area contributed by atoms with E-state index >= 15 is 0 Å². The largest absolute Gasteiger partial charge is 0.436 e. The lowest BCUT2D eigenvalue weighted by molar-refractivity contribution is -0.142. The minimum atomic E-state index is -4.65. The Hall–Kier alpha value is -1.77. The molecule has 1 saturated carbocycles. The van der Waals surface area contributed by atoms with Gasteiger partial charge in [-0.1, -0.05) is 35.3 Å². The number of carbonyl (C=O) groups excluding carboxylic acids is 1. The highest BCUT2D eigenvalue weighted by molar-refractivity contribution is 6.32. The fraction of sp³-hybridized carbons (Fsp3) is 0.524. The number of aromatic nitrogens is 2. The lowest BCUT2D eigenvalue weighted by Crippen LogP contribution is -2.50. The Morgan fingerprint density at radius 3 is 2.29 bits per heavy atom. The summed E-state index contributed by atoms with van der Waals surface area (Å²) in [5.41, 5.74) is 0.359. The molecule has 2 aliphatic rings. The molecular formula is C21H23Cl2F3N4O. The minimum Gasteiger partial charge on any atom is -0.338 e. The summed E-state index contributed by atoms with van der Waals surface area (Å²) in [6, 6.07) is 6.80. The van der Waals surface area contributed by atoms with E-state index < -0.39 is 17.9 Å². The lowest BCUT2D eigenvalue weighted by atomic mass is 10.2. The smallest absolute Gasteiger partial charge is 0.338 e. The highest BCUT2D eigenvalue weighted by Gasteiger charge is 2.43. The number of amides is 1. The van der Waals surface area contributed by atoms with E-state index in [-0.39, 0.29) is 16.8 Å². The van der Waals surface area contributed by atoms with Gasteiger partial charge in [0, 0.05) is 43.7 Å². The highest BCUT2D eigenvalue weighted by Crippen LogP contribution is 2.47. The fourth-order valence-electron chi connectivity index (χ4n) is 3.97. The highest BCUT2D eigenvalue weighted by atomic mass is 35.5. The van der Waals surface area contributed by atoms with E-state index in [0.717, 1.165) is 24.9 Å². The third-order valence-corrected chi connectivity index (χ3v) is 6.47. The van der Waals surface area contributed by atoms with Crippen LogP contribution in [-0.2, 0) is 17.5 Å². The molecule has 2 fully saturated rings. The molecule has 31 heavy (non-hydrogen) atoms. The maximum atomic E-state index is 13.3. The zero-order valence-electron chi connectivity index (χ0n) is 17.0. The average molecular weight is 475 g/mol. The van der Waals surface area contributed by atoms with Crippen molar-refractivity contribution >= 4 is 29.1 Å². The molecule has 1 atom stereocenters. The molecule has 1 aliphatic carbocycles. The Morgan fingerprint density at radius 1 is 1.13 bits per heavy atom. The van der Waals surface area contributed by atoms with Crippen LogP contribution in [0.2, 0.25) is 10.0 Å². The van der Waals surface area contributed by atoms with Crippen molar-refractivity contribution in [3.63, 3.8) is 0 Å². The van der Waals surface area contributed by atoms with E-state index in [1.54, 1.807) is 11.8 Å². The molecule has 4 rings (SSSR count). The van der Waals surface area contributed by atoms with Gasteiger partial charge in [0.1, 0.15) is 6.04 Å². The number of piperazine rings is 1. The predicted molar refractivity (Wildman–Crippen MR) is 112 cm³/mol. The van der Waals surface area contributed by atoms with Gasteiger partial charge in [-0.15, -0.1) is 0 Å². The minimum absolute atomic E-state index is 0.0671. The van der Waals surface area contributed by atoms with E-state index in [2.05, 4.69) is 10.00 Å². The van der Waals surface area contributed by atoms with Gasteiger partial charge in [-0.05, 0) is 37.5 Å². The number of hydrogen-bond acceptors (Lipinski definition) is 3. The van der Waals surface area contributed by atoms with Crippen LogP contribution in [0.15, 0.2) is 24.3 Å². The standard InChI is InChI=1S/C21H23Cl2F3N4O/c1-13(30-18(15-4-5-15)17(23)19(27-30)21(24,25)26)20(31)29-10-8-28(9-11-29)12-14-2-6-16(22)7-3-14/h2-3,6-7,13,15H,4-5,8-12H2,1H3. The molecule has 0 bridgehead atoms. The first-order chi connectivity index (χ1) is 14.6. The second kappa shape index (κ2) is 8.64. The van der Waals surface area contributed by atoms with Gasteiger partial charge in [-0.2, -0.15) is 18.3 Å². The number of hydrogen-bond donors (Lipinski definition) is 0. The Labute approximate surface area is 188 Å². The van der Waals surface area contributed by atoms with E-state index in [9.17, 15) is 18.0 Å². The molecule has 1 aromatic heterocycles. The molecule has 10 heteroatoms. The zero-order chi connectivity index (χ0) is 22.3. The van der Waals surface area contributed by atoms with Crippen LogP contribution in [0.1, 0.15) is 48.7 Å². The molecule has 0 spiro atoms. The summed E-state index contributed by atoms with van der Waals surface area (Å²) in [6.07, 6.45) is -3.14. The normalized spacial score (nSPS) is 19.0. The van der Waals surface area contributed by atoms with E-state index in [1.807, 2.05) is 24.3 Å². The van der Waals surface area contributed by atoms with Crippen molar-refractivity contribution in [2.75, 3.05) is 26.2 Å². The summed E-state index contributed by atoms with van der Waals surface area (Å²) in [4.78, 5) is 17.0. The first kappa shape index (κ1) is 22.4. The molecule has 1 saturated heterocycles. The SMILES string of the molecule is CC(C(=O)N1CCN(Cc2ccc(Cl)cc2)CC1)n1nc(C(F)(F)F)c(Cl)c1C1CC1. The molecule has 2 aromatic rings. The van der Waals surface area contributed by atoms with Crippen molar-refractivity contribution in [1.82, 2.24) is 19.6 Å². The summed E-state index contributed by atoms with van der Waals surface area (Å²) in [5, 5.41) is 4.04. The summed E-state index contributed by atoms with van der Waals surface area (Å²) >= 11 is 12.0. The van der Waals surface area contributed by atoms with E-state index in [0.29, 0.717) is 36.9 Å². The van der Waals surface area contributed by atoms with Gasteiger partial charge in [-0.3, -0.25) is 14.4 Å². The molecule has 1 aromatic carbocycles. The van der Waals surface area contributed by atoms with Gasteiger partial charge in [-0.25, -0.2) is 0 Å². The molecule has 168 valence electrons. The molecule has 2 heterocycles. The molecule has 1 unspecified atom stereocenters. The second-order valence-electron chi connectivity index (χ2n) is 8.17. The third-order valence-electron chi connectivity index (χ3n) is 5.85. The summed E-state index contributed by atoms with van der Waals surface area (Å²) < 4.78 is 41.2. The Kier molecular flexibility index (Phi) is 6.25. The summed E-state index contributed by atoms with van der Waals surface area (Å²) in [7, 11) is 0. The Morgan fingerprint density at radius 2 is 1.74 bits per heavy atom. The maximum Gasteiger partial charge on any atom is 0.436 e. The van der Waals surface area contributed by atoms with Crippen molar-refractivity contribution in [3.05, 3.63) is 51.3 Å². The van der Waals surface area contributed by atoms with Crippen LogP contribution in [0.4, 0.5) is 13.2 Å². The third kappa shape index (κ3) is 4.86. The first-order valence-electron chi connectivity index (χ1n) is 10.3. The van der Waals surface area contributed by atoms with Gasteiger partial charge >= 0.3 is 6.18 Å². The van der Waals surface area contributed by atoms with Crippen LogP contribution < -0.4 is 0 Å². The maximum absolute atomic E-state index is 13.3.